The Morgan fingerprint density at radius 1 is 1.30 bits per heavy atom. The molecule has 0 unspecified atom stereocenters. The van der Waals surface area contributed by atoms with Crippen molar-refractivity contribution in [2.24, 2.45) is 0 Å². The summed E-state index contributed by atoms with van der Waals surface area (Å²) in [6.07, 6.45) is -3.86. The van der Waals surface area contributed by atoms with Crippen molar-refractivity contribution < 1.29 is 23.1 Å². The van der Waals surface area contributed by atoms with E-state index in [4.69, 9.17) is 16.5 Å². The molecule has 20 heavy (non-hydrogen) atoms. The van der Waals surface area contributed by atoms with Crippen molar-refractivity contribution in [2.45, 2.75) is 20.3 Å². The van der Waals surface area contributed by atoms with E-state index >= 15 is 0 Å². The first-order valence-electron chi connectivity index (χ1n) is 5.56. The van der Waals surface area contributed by atoms with E-state index in [0.29, 0.717) is 15.5 Å². The number of rotatable bonds is 3. The monoisotopic (exact) mass is 306 g/mol. The molecule has 0 atom stereocenters. The van der Waals surface area contributed by atoms with Gasteiger partial charge in [-0.05, 0) is 37.1 Å². The van der Waals surface area contributed by atoms with Crippen LogP contribution in [0.4, 0.5) is 19.3 Å². The minimum Gasteiger partial charge on any atom is -0.410 e. The number of carbonyl (C=O) groups is 2. The summed E-state index contributed by atoms with van der Waals surface area (Å²) in [7, 11) is 1.40. The number of halogens is 3. The van der Waals surface area contributed by atoms with E-state index in [-0.39, 0.29) is 11.4 Å². The van der Waals surface area contributed by atoms with Gasteiger partial charge < -0.3 is 10.1 Å². The van der Waals surface area contributed by atoms with Crippen LogP contribution in [-0.4, -0.2) is 25.5 Å². The Hall–Kier alpha value is -1.89. The van der Waals surface area contributed by atoms with Gasteiger partial charge in [-0.15, -0.1) is 0 Å². The van der Waals surface area contributed by atoms with Crippen LogP contribution in [0.3, 0.4) is 0 Å². The van der Waals surface area contributed by atoms with Crippen LogP contribution in [-0.2, 0) is 4.79 Å². The number of nitrogens with zero attached hydrogens (tertiary/aromatic N) is 1. The largest absolute Gasteiger partial charge is 0.412 e. The van der Waals surface area contributed by atoms with Crippen LogP contribution in [0.5, 0.6) is 5.75 Å². The molecule has 0 saturated carbocycles. The molecule has 0 aromatic heterocycles. The van der Waals surface area contributed by atoms with Crippen LogP contribution in [0.2, 0.25) is 0 Å². The SMILES string of the molecule is CNC(=O)Oc1cc(C)c(N(Cl)C(=O)C(F)F)c(C)c1. The van der Waals surface area contributed by atoms with Crippen LogP contribution in [0.25, 0.3) is 0 Å². The van der Waals surface area contributed by atoms with Gasteiger partial charge in [0.2, 0.25) is 0 Å². The number of hydrogen-bond donors (Lipinski definition) is 1. The molecule has 1 N–H and O–H groups in total. The number of ether oxygens (including phenoxy) is 1. The second-order valence-corrected chi connectivity index (χ2v) is 4.30. The molecule has 0 radical (unpaired) electrons. The number of nitrogens with one attached hydrogen (secondary N) is 1. The van der Waals surface area contributed by atoms with Crippen molar-refractivity contribution in [1.82, 2.24) is 5.32 Å². The molecular weight excluding hydrogens is 294 g/mol. The minimum atomic E-state index is -3.20. The maximum Gasteiger partial charge on any atom is 0.412 e. The third-order valence-electron chi connectivity index (χ3n) is 2.46. The van der Waals surface area contributed by atoms with E-state index < -0.39 is 18.4 Å². The molecule has 1 aromatic rings. The lowest BCUT2D eigenvalue weighted by Crippen LogP contribution is -2.28. The summed E-state index contributed by atoms with van der Waals surface area (Å²) >= 11 is 5.63. The van der Waals surface area contributed by atoms with E-state index in [2.05, 4.69) is 5.32 Å². The van der Waals surface area contributed by atoms with E-state index in [1.165, 1.54) is 19.2 Å². The summed E-state index contributed by atoms with van der Waals surface area (Å²) in [6, 6.07) is 2.84. The van der Waals surface area contributed by atoms with Crippen molar-refractivity contribution in [3.05, 3.63) is 23.3 Å². The number of hydrogen-bond acceptors (Lipinski definition) is 3. The molecule has 0 fully saturated rings. The molecular formula is C12H13ClF2N2O3. The molecule has 0 spiro atoms. The van der Waals surface area contributed by atoms with Crippen LogP contribution in [0.15, 0.2) is 12.1 Å². The molecule has 0 aliphatic heterocycles. The summed E-state index contributed by atoms with van der Waals surface area (Å²) in [4.78, 5) is 22.3. The molecule has 0 heterocycles. The van der Waals surface area contributed by atoms with Crippen LogP contribution >= 0.6 is 11.8 Å². The third kappa shape index (κ3) is 3.57. The first kappa shape index (κ1) is 16.2. The fourth-order valence-corrected chi connectivity index (χ4v) is 1.98. The number of benzene rings is 1. The number of aryl methyl sites for hydroxylation is 2. The van der Waals surface area contributed by atoms with Gasteiger partial charge >= 0.3 is 18.4 Å². The fourth-order valence-electron chi connectivity index (χ4n) is 1.64. The van der Waals surface area contributed by atoms with E-state index in [0.717, 1.165) is 0 Å². The van der Waals surface area contributed by atoms with Gasteiger partial charge in [-0.3, -0.25) is 4.79 Å². The third-order valence-corrected chi connectivity index (χ3v) is 2.79. The van der Waals surface area contributed by atoms with Crippen LogP contribution < -0.4 is 14.5 Å². The lowest BCUT2D eigenvalue weighted by molar-refractivity contribution is -0.127. The second kappa shape index (κ2) is 6.51. The Balaban J connectivity index is 3.12. The summed E-state index contributed by atoms with van der Waals surface area (Å²) in [6.45, 7) is 3.13. The molecule has 8 heteroatoms. The molecule has 1 aromatic carbocycles. The molecule has 1 rings (SSSR count). The highest BCUT2D eigenvalue weighted by Gasteiger charge is 2.26. The summed E-state index contributed by atoms with van der Waals surface area (Å²) in [5.41, 5.74) is 0.988. The van der Waals surface area contributed by atoms with E-state index in [1.807, 2.05) is 0 Å². The van der Waals surface area contributed by atoms with Gasteiger partial charge in [0.25, 0.3) is 0 Å². The van der Waals surface area contributed by atoms with Crippen molar-refractivity contribution in [3.8, 4) is 5.75 Å². The van der Waals surface area contributed by atoms with Gasteiger partial charge in [0.05, 0.1) is 5.69 Å². The average Bonchev–Trinajstić information content (AvgIpc) is 2.36. The van der Waals surface area contributed by atoms with Gasteiger partial charge in [0, 0.05) is 18.8 Å². The molecule has 5 nitrogen and oxygen atoms in total. The highest BCUT2D eigenvalue weighted by molar-refractivity contribution is 6.37. The number of alkyl halides is 2. The zero-order valence-electron chi connectivity index (χ0n) is 11.0. The fraction of sp³-hybridized carbons (Fsp3) is 0.333. The molecule has 0 bridgehead atoms. The smallest absolute Gasteiger partial charge is 0.410 e. The summed E-state index contributed by atoms with van der Waals surface area (Å²) in [5, 5.41) is 2.27. The summed E-state index contributed by atoms with van der Waals surface area (Å²) < 4.78 is 30.0. The molecule has 2 amide bonds. The number of amides is 2. The predicted molar refractivity (Wildman–Crippen MR) is 70.3 cm³/mol. The van der Waals surface area contributed by atoms with Gasteiger partial charge in [-0.1, -0.05) is 0 Å². The first-order valence-corrected chi connectivity index (χ1v) is 5.90. The first-order chi connectivity index (χ1) is 9.27. The van der Waals surface area contributed by atoms with Gasteiger partial charge in [0.1, 0.15) is 5.75 Å². The molecule has 0 aliphatic carbocycles. The Morgan fingerprint density at radius 3 is 2.20 bits per heavy atom. The molecule has 0 saturated heterocycles. The lowest BCUT2D eigenvalue weighted by atomic mass is 10.1. The second-order valence-electron chi connectivity index (χ2n) is 3.96. The highest BCUT2D eigenvalue weighted by atomic mass is 35.5. The van der Waals surface area contributed by atoms with Crippen molar-refractivity contribution in [2.75, 3.05) is 11.5 Å². The lowest BCUT2D eigenvalue weighted by Gasteiger charge is -2.19. The van der Waals surface area contributed by atoms with Crippen molar-refractivity contribution >= 4 is 29.5 Å². The molecule has 110 valence electrons. The topological polar surface area (TPSA) is 58.6 Å². The van der Waals surface area contributed by atoms with Crippen molar-refractivity contribution in [1.29, 1.82) is 0 Å². The number of carbonyl (C=O) groups excluding carboxylic acids is 2. The summed E-state index contributed by atoms with van der Waals surface area (Å²) in [5.74, 6) is -1.30. The average molecular weight is 307 g/mol. The van der Waals surface area contributed by atoms with Gasteiger partial charge in [-0.2, -0.15) is 8.78 Å². The Kier molecular flexibility index (Phi) is 5.26. The zero-order valence-corrected chi connectivity index (χ0v) is 11.8. The predicted octanol–water partition coefficient (Wildman–Crippen LogP) is 2.77. The highest BCUT2D eigenvalue weighted by Crippen LogP contribution is 2.31. The Bertz CT molecular complexity index is 514. The normalized spacial score (nSPS) is 10.3. The van der Waals surface area contributed by atoms with Gasteiger partial charge in [0.15, 0.2) is 0 Å². The Labute approximate surface area is 119 Å². The van der Waals surface area contributed by atoms with Crippen LogP contribution in [0, 0.1) is 13.8 Å². The standard InChI is InChI=1S/C12H13ClF2N2O3/c1-6-4-8(20-12(19)16-3)5-7(2)9(6)17(13)11(18)10(14)15/h4-5,10H,1-3H3,(H,16,19). The van der Waals surface area contributed by atoms with Crippen molar-refractivity contribution in [3.63, 3.8) is 0 Å². The quantitative estimate of drug-likeness (QED) is 0.874. The van der Waals surface area contributed by atoms with E-state index in [1.54, 1.807) is 13.8 Å². The Morgan fingerprint density at radius 2 is 1.80 bits per heavy atom. The number of anilines is 1. The zero-order chi connectivity index (χ0) is 15.4. The molecule has 0 aliphatic rings. The maximum absolute atomic E-state index is 12.4. The van der Waals surface area contributed by atoms with Gasteiger partial charge in [-0.25, -0.2) is 9.21 Å². The van der Waals surface area contributed by atoms with Crippen LogP contribution in [0.1, 0.15) is 11.1 Å². The maximum atomic E-state index is 12.4. The van der Waals surface area contributed by atoms with E-state index in [9.17, 15) is 18.4 Å². The minimum absolute atomic E-state index is 0.140.